The number of hydrogen-bond acceptors (Lipinski definition) is 5. The van der Waals surface area contributed by atoms with Crippen LogP contribution in [0.3, 0.4) is 0 Å². The Balaban J connectivity index is 1.64. The summed E-state index contributed by atoms with van der Waals surface area (Å²) in [6, 6.07) is 21.3. The zero-order chi connectivity index (χ0) is 26.6. The molecule has 37 heavy (non-hydrogen) atoms. The molecular weight excluding hydrogens is 470 g/mol. The number of aliphatic hydroxyl groups is 2. The minimum Gasteiger partial charge on any atom is -0.395 e. The van der Waals surface area contributed by atoms with Gasteiger partial charge in [-0.15, -0.1) is 6.58 Å². The van der Waals surface area contributed by atoms with Crippen LogP contribution in [0.5, 0.6) is 0 Å². The van der Waals surface area contributed by atoms with Crippen LogP contribution >= 0.6 is 0 Å². The quantitative estimate of drug-likeness (QED) is 0.268. The van der Waals surface area contributed by atoms with Crippen molar-refractivity contribution in [2.45, 2.75) is 25.4 Å². The van der Waals surface area contributed by atoms with Gasteiger partial charge in [0.2, 0.25) is 17.7 Å². The highest BCUT2D eigenvalue weighted by molar-refractivity contribution is 5.99. The van der Waals surface area contributed by atoms with Crippen LogP contribution in [0.25, 0.3) is 10.8 Å². The fourth-order valence-corrected chi connectivity index (χ4v) is 4.02. The molecule has 2 atom stereocenters. The van der Waals surface area contributed by atoms with Crippen molar-refractivity contribution in [3.05, 3.63) is 91.0 Å². The topological polar surface area (TPSA) is 119 Å². The Morgan fingerprint density at radius 3 is 2.30 bits per heavy atom. The molecular formula is C29H33N3O5. The fourth-order valence-electron chi connectivity index (χ4n) is 4.02. The van der Waals surface area contributed by atoms with Crippen LogP contribution in [0, 0.1) is 5.92 Å². The van der Waals surface area contributed by atoms with E-state index >= 15 is 0 Å². The average molecular weight is 504 g/mol. The molecule has 0 spiro atoms. The maximum Gasteiger partial charge on any atom is 0.249 e. The van der Waals surface area contributed by atoms with E-state index in [-0.39, 0.29) is 31.9 Å². The molecule has 4 N–H and O–H groups in total. The molecule has 0 aromatic heterocycles. The molecule has 3 rings (SSSR count). The molecule has 0 aliphatic rings. The van der Waals surface area contributed by atoms with E-state index in [0.717, 1.165) is 16.3 Å². The van der Waals surface area contributed by atoms with Gasteiger partial charge in [-0.2, -0.15) is 0 Å². The summed E-state index contributed by atoms with van der Waals surface area (Å²) in [4.78, 5) is 40.4. The number of aliphatic hydroxyl groups excluding tert-OH is 2. The van der Waals surface area contributed by atoms with Gasteiger partial charge < -0.3 is 25.7 Å². The van der Waals surface area contributed by atoms with Gasteiger partial charge in [0.05, 0.1) is 19.1 Å². The number of nitrogens with one attached hydrogen (secondary N) is 2. The van der Waals surface area contributed by atoms with E-state index in [4.69, 9.17) is 0 Å². The third kappa shape index (κ3) is 7.99. The van der Waals surface area contributed by atoms with Crippen LogP contribution in [-0.2, 0) is 20.9 Å². The molecule has 3 aromatic rings. The van der Waals surface area contributed by atoms with Crippen LogP contribution in [-0.4, -0.2) is 58.6 Å². The second-order valence-electron chi connectivity index (χ2n) is 8.74. The number of hydrogen-bond donors (Lipinski definition) is 4. The van der Waals surface area contributed by atoms with Gasteiger partial charge in [0.25, 0.3) is 0 Å². The predicted molar refractivity (Wildman–Crippen MR) is 143 cm³/mol. The number of fused-ring (bicyclic) bond motifs is 1. The van der Waals surface area contributed by atoms with E-state index in [1.807, 2.05) is 66.7 Å². The molecule has 0 saturated carbocycles. The number of nitrogens with zero attached hydrogens (tertiary/aromatic N) is 1. The van der Waals surface area contributed by atoms with Crippen LogP contribution in [0.15, 0.2) is 85.5 Å². The summed E-state index contributed by atoms with van der Waals surface area (Å²) in [6.45, 7) is 3.29. The highest BCUT2D eigenvalue weighted by Crippen LogP contribution is 2.19. The number of rotatable bonds is 13. The van der Waals surface area contributed by atoms with Gasteiger partial charge >= 0.3 is 0 Å². The monoisotopic (exact) mass is 503 g/mol. The summed E-state index contributed by atoms with van der Waals surface area (Å²) >= 11 is 0. The SMILES string of the molecule is C=CCC(CC(=O)N(CCO)Cc1ccccc1)C(=O)NC(CO)C(=O)Nc1ccc2ccccc2c1. The first-order chi connectivity index (χ1) is 17.9. The van der Waals surface area contributed by atoms with Gasteiger partial charge in [0.1, 0.15) is 6.04 Å². The first-order valence-electron chi connectivity index (χ1n) is 12.2. The lowest BCUT2D eigenvalue weighted by Gasteiger charge is -2.25. The Bertz CT molecular complexity index is 1210. The standard InChI is InChI=1S/C29H33N3O5/c1-2-8-24(18-27(35)32(15-16-33)19-21-9-4-3-5-10-21)28(36)31-26(20-34)29(37)30-25-14-13-22-11-6-7-12-23(22)17-25/h2-7,9-14,17,24,26,33-34H,1,8,15-16,18-20H2,(H,30,37)(H,31,36). The van der Waals surface area contributed by atoms with Crippen molar-refractivity contribution in [3.8, 4) is 0 Å². The minimum absolute atomic E-state index is 0.129. The molecule has 0 aliphatic heterocycles. The first kappa shape index (κ1) is 27.6. The van der Waals surface area contributed by atoms with Gasteiger partial charge in [-0.25, -0.2) is 0 Å². The van der Waals surface area contributed by atoms with Gasteiger partial charge in [0, 0.05) is 25.2 Å². The minimum atomic E-state index is -1.20. The predicted octanol–water partition coefficient (Wildman–Crippen LogP) is 2.86. The number of benzene rings is 3. The maximum atomic E-state index is 13.0. The third-order valence-electron chi connectivity index (χ3n) is 6.01. The third-order valence-corrected chi connectivity index (χ3v) is 6.01. The Hall–Kier alpha value is -4.01. The van der Waals surface area contributed by atoms with Crippen molar-refractivity contribution >= 4 is 34.2 Å². The summed E-state index contributed by atoms with van der Waals surface area (Å²) < 4.78 is 0. The first-order valence-corrected chi connectivity index (χ1v) is 12.2. The van der Waals surface area contributed by atoms with Gasteiger partial charge in [0.15, 0.2) is 0 Å². The lowest BCUT2D eigenvalue weighted by Crippen LogP contribution is -2.49. The molecule has 8 nitrogen and oxygen atoms in total. The van der Waals surface area contributed by atoms with Crippen molar-refractivity contribution in [1.82, 2.24) is 10.2 Å². The molecule has 194 valence electrons. The van der Waals surface area contributed by atoms with E-state index in [9.17, 15) is 24.6 Å². The highest BCUT2D eigenvalue weighted by atomic mass is 16.3. The smallest absolute Gasteiger partial charge is 0.249 e. The largest absolute Gasteiger partial charge is 0.395 e. The summed E-state index contributed by atoms with van der Waals surface area (Å²) in [5.74, 6) is -2.20. The maximum absolute atomic E-state index is 13.0. The summed E-state index contributed by atoms with van der Waals surface area (Å²) in [5, 5.41) is 26.5. The summed E-state index contributed by atoms with van der Waals surface area (Å²) in [6.07, 6.45) is 1.61. The fraction of sp³-hybridized carbons (Fsp3) is 0.276. The Morgan fingerprint density at radius 1 is 0.919 bits per heavy atom. The number of anilines is 1. The normalized spacial score (nSPS) is 12.4. The van der Waals surface area contributed by atoms with Gasteiger partial charge in [-0.1, -0.05) is 66.7 Å². The second kappa shape index (κ2) is 13.9. The zero-order valence-electron chi connectivity index (χ0n) is 20.7. The van der Waals surface area contributed by atoms with Crippen molar-refractivity contribution in [3.63, 3.8) is 0 Å². The molecule has 0 radical (unpaired) electrons. The van der Waals surface area contributed by atoms with E-state index in [1.165, 1.54) is 11.0 Å². The molecule has 0 saturated heterocycles. The molecule has 2 unspecified atom stereocenters. The van der Waals surface area contributed by atoms with Crippen molar-refractivity contribution in [2.75, 3.05) is 25.1 Å². The average Bonchev–Trinajstić information content (AvgIpc) is 2.91. The van der Waals surface area contributed by atoms with Crippen molar-refractivity contribution in [2.24, 2.45) is 5.92 Å². The van der Waals surface area contributed by atoms with Crippen LogP contribution in [0.4, 0.5) is 5.69 Å². The number of carbonyl (C=O) groups excluding carboxylic acids is 3. The molecule has 8 heteroatoms. The molecule has 0 fully saturated rings. The summed E-state index contributed by atoms with van der Waals surface area (Å²) in [5.41, 5.74) is 1.44. The van der Waals surface area contributed by atoms with E-state index in [1.54, 1.807) is 6.07 Å². The lowest BCUT2D eigenvalue weighted by atomic mass is 9.98. The van der Waals surface area contributed by atoms with Crippen LogP contribution in [0.2, 0.25) is 0 Å². The molecule has 3 aromatic carbocycles. The van der Waals surface area contributed by atoms with Crippen molar-refractivity contribution < 1.29 is 24.6 Å². The van der Waals surface area contributed by atoms with Crippen molar-refractivity contribution in [1.29, 1.82) is 0 Å². The Labute approximate surface area is 216 Å². The van der Waals surface area contributed by atoms with E-state index < -0.39 is 30.4 Å². The molecule has 3 amide bonds. The Kier molecular flexibility index (Phi) is 10.4. The number of amides is 3. The zero-order valence-corrected chi connectivity index (χ0v) is 20.7. The van der Waals surface area contributed by atoms with Crippen LogP contribution in [0.1, 0.15) is 18.4 Å². The van der Waals surface area contributed by atoms with Gasteiger partial charge in [-0.05, 0) is 34.9 Å². The number of carbonyl (C=O) groups is 3. The molecule has 0 bridgehead atoms. The lowest BCUT2D eigenvalue weighted by molar-refractivity contribution is -0.137. The molecule has 0 heterocycles. The van der Waals surface area contributed by atoms with Crippen LogP contribution < -0.4 is 10.6 Å². The van der Waals surface area contributed by atoms with E-state index in [2.05, 4.69) is 17.2 Å². The van der Waals surface area contributed by atoms with E-state index in [0.29, 0.717) is 12.2 Å². The second-order valence-corrected chi connectivity index (χ2v) is 8.74. The number of allylic oxidation sites excluding steroid dienone is 1. The van der Waals surface area contributed by atoms with Gasteiger partial charge in [-0.3, -0.25) is 14.4 Å². The molecule has 0 aliphatic carbocycles. The Morgan fingerprint density at radius 2 is 1.62 bits per heavy atom. The highest BCUT2D eigenvalue weighted by Gasteiger charge is 2.28. The summed E-state index contributed by atoms with van der Waals surface area (Å²) in [7, 11) is 0.